The summed E-state index contributed by atoms with van der Waals surface area (Å²) in [5, 5.41) is 20.6. The third-order valence-electron chi connectivity index (χ3n) is 7.68. The molecule has 0 aromatic heterocycles. The highest BCUT2D eigenvalue weighted by atomic mass is 16.5. The van der Waals surface area contributed by atoms with Gasteiger partial charge in [0.25, 0.3) is 0 Å². The van der Waals surface area contributed by atoms with Gasteiger partial charge in [-0.25, -0.2) is 0 Å². The van der Waals surface area contributed by atoms with Crippen molar-refractivity contribution in [3.63, 3.8) is 0 Å². The molecule has 0 bridgehead atoms. The van der Waals surface area contributed by atoms with Gasteiger partial charge in [0.05, 0.1) is 6.10 Å². The van der Waals surface area contributed by atoms with Gasteiger partial charge in [0.2, 0.25) is 0 Å². The molecule has 27 heavy (non-hydrogen) atoms. The molecule has 148 valence electrons. The minimum absolute atomic E-state index is 0.0196. The molecule has 1 aromatic rings. The SMILES string of the molecule is CCCCC(=O)O[C@H]1CC[C@H]2[C@@H]3C[C@H](O)c4cc(O)ccc4[C@H]3CC[C@]12C. The van der Waals surface area contributed by atoms with Crippen LogP contribution in [-0.2, 0) is 9.53 Å². The summed E-state index contributed by atoms with van der Waals surface area (Å²) in [5.41, 5.74) is 2.14. The Kier molecular flexibility index (Phi) is 4.96. The van der Waals surface area contributed by atoms with Gasteiger partial charge in [0.1, 0.15) is 11.9 Å². The molecule has 4 nitrogen and oxygen atoms in total. The number of aliphatic hydroxyl groups excluding tert-OH is 1. The van der Waals surface area contributed by atoms with Gasteiger partial charge in [-0.2, -0.15) is 0 Å². The van der Waals surface area contributed by atoms with Gasteiger partial charge >= 0.3 is 5.97 Å². The number of carbonyl (C=O) groups excluding carboxylic acids is 1. The second-order valence-corrected chi connectivity index (χ2v) is 9.15. The third kappa shape index (κ3) is 3.16. The number of ether oxygens (including phenoxy) is 1. The van der Waals surface area contributed by atoms with E-state index in [1.165, 1.54) is 5.56 Å². The zero-order valence-electron chi connectivity index (χ0n) is 16.5. The van der Waals surface area contributed by atoms with Crippen LogP contribution in [0.5, 0.6) is 5.75 Å². The first-order valence-corrected chi connectivity index (χ1v) is 10.6. The van der Waals surface area contributed by atoms with E-state index in [1.807, 2.05) is 6.07 Å². The maximum absolute atomic E-state index is 12.2. The average molecular weight is 373 g/mol. The monoisotopic (exact) mass is 372 g/mol. The third-order valence-corrected chi connectivity index (χ3v) is 7.68. The Morgan fingerprint density at radius 1 is 1.26 bits per heavy atom. The quantitative estimate of drug-likeness (QED) is 0.742. The van der Waals surface area contributed by atoms with Gasteiger partial charge < -0.3 is 14.9 Å². The van der Waals surface area contributed by atoms with Crippen LogP contribution in [0.2, 0.25) is 0 Å². The Hall–Kier alpha value is -1.55. The Balaban J connectivity index is 1.55. The van der Waals surface area contributed by atoms with Gasteiger partial charge in [-0.05, 0) is 79.5 Å². The summed E-state index contributed by atoms with van der Waals surface area (Å²) < 4.78 is 5.94. The Morgan fingerprint density at radius 2 is 2.07 bits per heavy atom. The molecular formula is C23H32O4. The smallest absolute Gasteiger partial charge is 0.306 e. The zero-order chi connectivity index (χ0) is 19.2. The molecule has 0 heterocycles. The average Bonchev–Trinajstić information content (AvgIpc) is 2.97. The van der Waals surface area contributed by atoms with E-state index in [0.29, 0.717) is 24.2 Å². The van der Waals surface area contributed by atoms with Crippen molar-refractivity contribution in [1.29, 1.82) is 0 Å². The number of benzene rings is 1. The lowest BCUT2D eigenvalue weighted by Crippen LogP contribution is -2.45. The van der Waals surface area contributed by atoms with E-state index >= 15 is 0 Å². The van der Waals surface area contributed by atoms with Crippen LogP contribution in [0.1, 0.15) is 88.4 Å². The number of unbranched alkanes of at least 4 members (excludes halogenated alkanes) is 1. The lowest BCUT2D eigenvalue weighted by atomic mass is 9.55. The fraction of sp³-hybridized carbons (Fsp3) is 0.696. The molecule has 3 aliphatic rings. The number of phenols is 1. The Labute approximate surface area is 161 Å². The second-order valence-electron chi connectivity index (χ2n) is 9.15. The van der Waals surface area contributed by atoms with Crippen molar-refractivity contribution in [3.05, 3.63) is 29.3 Å². The minimum atomic E-state index is -0.512. The van der Waals surface area contributed by atoms with Crippen molar-refractivity contribution in [1.82, 2.24) is 0 Å². The summed E-state index contributed by atoms with van der Waals surface area (Å²) in [6.07, 6.45) is 6.82. The van der Waals surface area contributed by atoms with Gasteiger partial charge in [-0.1, -0.05) is 26.3 Å². The number of fused-ring (bicyclic) bond motifs is 5. The van der Waals surface area contributed by atoms with Crippen LogP contribution in [0, 0.1) is 17.3 Å². The minimum Gasteiger partial charge on any atom is -0.508 e. The van der Waals surface area contributed by atoms with Gasteiger partial charge in [0, 0.05) is 11.8 Å². The van der Waals surface area contributed by atoms with Crippen LogP contribution in [-0.4, -0.2) is 22.3 Å². The normalized spacial score (nSPS) is 37.2. The molecule has 0 aliphatic heterocycles. The van der Waals surface area contributed by atoms with Gasteiger partial charge in [-0.15, -0.1) is 0 Å². The summed E-state index contributed by atoms with van der Waals surface area (Å²) in [6.45, 7) is 4.39. The number of esters is 1. The summed E-state index contributed by atoms with van der Waals surface area (Å²) >= 11 is 0. The number of aliphatic hydroxyl groups is 1. The Bertz CT molecular complexity index is 714. The fourth-order valence-electron chi connectivity index (χ4n) is 6.26. The molecule has 4 heteroatoms. The zero-order valence-corrected chi connectivity index (χ0v) is 16.5. The summed E-state index contributed by atoms with van der Waals surface area (Å²) in [5.74, 6) is 1.53. The number of hydrogen-bond donors (Lipinski definition) is 2. The Morgan fingerprint density at radius 3 is 2.85 bits per heavy atom. The van der Waals surface area contributed by atoms with E-state index in [4.69, 9.17) is 4.74 Å². The van der Waals surface area contributed by atoms with Crippen molar-refractivity contribution in [3.8, 4) is 5.75 Å². The fourth-order valence-corrected chi connectivity index (χ4v) is 6.26. The number of hydrogen-bond acceptors (Lipinski definition) is 4. The van der Waals surface area contributed by atoms with Crippen LogP contribution in [0.25, 0.3) is 0 Å². The maximum Gasteiger partial charge on any atom is 0.306 e. The van der Waals surface area contributed by atoms with Crippen molar-refractivity contribution >= 4 is 5.97 Å². The molecule has 0 saturated heterocycles. The predicted octanol–water partition coefficient (Wildman–Crippen LogP) is 4.84. The van der Waals surface area contributed by atoms with Crippen LogP contribution in [0.15, 0.2) is 18.2 Å². The van der Waals surface area contributed by atoms with Crippen molar-refractivity contribution in [2.45, 2.75) is 83.3 Å². The summed E-state index contributed by atoms with van der Waals surface area (Å²) in [7, 11) is 0. The molecule has 2 fully saturated rings. The van der Waals surface area contributed by atoms with Crippen LogP contribution in [0.3, 0.4) is 0 Å². The van der Waals surface area contributed by atoms with E-state index in [9.17, 15) is 15.0 Å². The summed E-state index contributed by atoms with van der Waals surface area (Å²) in [6, 6.07) is 5.48. The molecule has 0 unspecified atom stereocenters. The molecule has 4 rings (SSSR count). The van der Waals surface area contributed by atoms with Gasteiger partial charge in [-0.3, -0.25) is 4.79 Å². The molecule has 2 saturated carbocycles. The lowest BCUT2D eigenvalue weighted by Gasteiger charge is -2.51. The van der Waals surface area contributed by atoms with E-state index in [0.717, 1.165) is 50.5 Å². The van der Waals surface area contributed by atoms with E-state index in [2.05, 4.69) is 13.8 Å². The molecule has 1 aromatic carbocycles. The second kappa shape index (κ2) is 7.12. The van der Waals surface area contributed by atoms with Crippen LogP contribution >= 0.6 is 0 Å². The van der Waals surface area contributed by atoms with Crippen LogP contribution in [0.4, 0.5) is 0 Å². The molecule has 3 aliphatic carbocycles. The highest BCUT2D eigenvalue weighted by molar-refractivity contribution is 5.69. The number of phenolic OH excluding ortho intramolecular Hbond substituents is 1. The molecule has 0 amide bonds. The molecule has 2 N–H and O–H groups in total. The predicted molar refractivity (Wildman–Crippen MR) is 103 cm³/mol. The highest BCUT2D eigenvalue weighted by Crippen LogP contribution is 2.62. The van der Waals surface area contributed by atoms with Crippen molar-refractivity contribution < 1.29 is 19.7 Å². The largest absolute Gasteiger partial charge is 0.508 e. The molecule has 0 radical (unpaired) electrons. The molecule has 6 atom stereocenters. The number of aromatic hydroxyl groups is 1. The van der Waals surface area contributed by atoms with Crippen molar-refractivity contribution in [2.75, 3.05) is 0 Å². The lowest BCUT2D eigenvalue weighted by molar-refractivity contribution is -0.158. The van der Waals surface area contributed by atoms with E-state index in [-0.39, 0.29) is 23.2 Å². The number of rotatable bonds is 4. The van der Waals surface area contributed by atoms with E-state index in [1.54, 1.807) is 12.1 Å². The first-order chi connectivity index (χ1) is 12.9. The molecule has 0 spiro atoms. The summed E-state index contributed by atoms with van der Waals surface area (Å²) in [4.78, 5) is 12.2. The maximum atomic E-state index is 12.2. The van der Waals surface area contributed by atoms with Crippen molar-refractivity contribution in [2.24, 2.45) is 17.3 Å². The van der Waals surface area contributed by atoms with E-state index < -0.39 is 6.10 Å². The first kappa shape index (κ1) is 18.8. The first-order valence-electron chi connectivity index (χ1n) is 10.6. The standard InChI is InChI=1S/C23H32O4/c1-3-4-5-22(26)27-21-9-8-19-17-13-20(25)18-12-14(24)6-7-15(18)16(17)10-11-23(19,21)2/h6-7,12,16-17,19-21,24-25H,3-5,8-11,13H2,1-2H3/t16-,17-,19+,20+,21+,23+/m1/s1. The highest BCUT2D eigenvalue weighted by Gasteiger charge is 2.57. The topological polar surface area (TPSA) is 66.8 Å². The number of carbonyl (C=O) groups is 1. The molecular weight excluding hydrogens is 340 g/mol. The van der Waals surface area contributed by atoms with Gasteiger partial charge in [0.15, 0.2) is 0 Å². The van der Waals surface area contributed by atoms with Crippen LogP contribution < -0.4 is 0 Å².